The van der Waals surface area contributed by atoms with Gasteiger partial charge in [0.2, 0.25) is 0 Å². The Kier molecular flexibility index (Phi) is 15.6. The van der Waals surface area contributed by atoms with Gasteiger partial charge in [-0.3, -0.25) is 0 Å². The highest BCUT2D eigenvalue weighted by Gasteiger charge is 2.54. The van der Waals surface area contributed by atoms with Gasteiger partial charge in [0.1, 0.15) is 0 Å². The van der Waals surface area contributed by atoms with Crippen molar-refractivity contribution in [3.8, 4) is 111 Å². The van der Waals surface area contributed by atoms with Gasteiger partial charge in [0.15, 0.2) is 0 Å². The number of nitrogens with zero attached hydrogens (tertiary/aromatic N) is 2. The summed E-state index contributed by atoms with van der Waals surface area (Å²) >= 11 is 0. The van der Waals surface area contributed by atoms with E-state index < -0.39 is 0 Å². The standard InChI is InChI=1S/C61H45N.C55H37N/c1-59(2)50-22-10-5-16-43(50)47-34-32-40(36-56(47)59)62(41-33-35-48-44-17-6-11-23-51(44)60(3,4)57(48)37-41)39-30-28-38(29-31-39)42-21-15-27-55-58(42)49-20-9-14-26-54(49)61(55)52-24-12-7-18-45(52)46-19-8-13-25-53(46)61;1-3-14-38(15-4-1)40-26-32-43(33-27-40)56(44-34-28-41(29-35-44)39-16-5-2-6-17-39)45-36-30-42(31-37-45)46-21-13-25-53-54(46)49-20-9-12-24-52(49)55(53)50-22-10-7-18-47(50)48-19-8-11-23-51(48)55/h5-37H,1-4H3;1-37H. The molecule has 2 heteroatoms. The number of rotatable bonds is 10. The third-order valence-corrected chi connectivity index (χ3v) is 27.0. The van der Waals surface area contributed by atoms with Crippen LogP contribution in [0, 0.1) is 0 Å². The summed E-state index contributed by atoms with van der Waals surface area (Å²) in [5, 5.41) is 0. The fourth-order valence-electron chi connectivity index (χ4n) is 21.8. The van der Waals surface area contributed by atoms with Crippen molar-refractivity contribution in [2.45, 2.75) is 49.4 Å². The van der Waals surface area contributed by atoms with E-state index in [2.05, 4.69) is 462 Å². The van der Waals surface area contributed by atoms with Crippen LogP contribution < -0.4 is 9.80 Å². The molecule has 0 saturated carbocycles. The van der Waals surface area contributed by atoms with Gasteiger partial charge < -0.3 is 9.80 Å². The lowest BCUT2D eigenvalue weighted by molar-refractivity contribution is 0.660. The first-order valence-electron chi connectivity index (χ1n) is 41.5. The van der Waals surface area contributed by atoms with Gasteiger partial charge in [0.05, 0.1) is 10.8 Å². The van der Waals surface area contributed by atoms with Gasteiger partial charge in [0.25, 0.3) is 0 Å². The number of hydrogen-bond donors (Lipinski definition) is 0. The molecular weight excluding hydrogens is 1420 g/mol. The Morgan fingerprint density at radius 3 is 0.678 bits per heavy atom. The van der Waals surface area contributed by atoms with Crippen molar-refractivity contribution in [3.63, 3.8) is 0 Å². The predicted octanol–water partition coefficient (Wildman–Crippen LogP) is 30.3. The summed E-state index contributed by atoms with van der Waals surface area (Å²) in [6.45, 7) is 9.50. The maximum atomic E-state index is 2.48. The Balaban J connectivity index is 0.000000139. The second-order valence-electron chi connectivity index (χ2n) is 33.6. The number of hydrogen-bond acceptors (Lipinski definition) is 2. The van der Waals surface area contributed by atoms with Gasteiger partial charge >= 0.3 is 0 Å². The van der Waals surface area contributed by atoms with Crippen LogP contribution in [0.4, 0.5) is 34.1 Å². The average Bonchev–Trinajstić information content (AvgIpc) is 1.51. The van der Waals surface area contributed by atoms with Crippen LogP contribution in [-0.2, 0) is 21.7 Å². The molecule has 0 saturated heterocycles. The van der Waals surface area contributed by atoms with E-state index in [9.17, 15) is 0 Å². The largest absolute Gasteiger partial charge is 0.311 e. The molecule has 0 bridgehead atoms. The van der Waals surface area contributed by atoms with Crippen molar-refractivity contribution in [1.29, 1.82) is 0 Å². The topological polar surface area (TPSA) is 6.48 Å². The van der Waals surface area contributed by atoms with Crippen molar-refractivity contribution in [3.05, 3.63) is 491 Å². The highest BCUT2D eigenvalue weighted by atomic mass is 15.1. The van der Waals surface area contributed by atoms with E-state index in [1.54, 1.807) is 0 Å². The van der Waals surface area contributed by atoms with E-state index in [1.165, 1.54) is 189 Å². The maximum Gasteiger partial charge on any atom is 0.0725 e. The van der Waals surface area contributed by atoms with E-state index in [4.69, 9.17) is 0 Å². The molecule has 556 valence electrons. The van der Waals surface area contributed by atoms with Crippen LogP contribution in [0.3, 0.4) is 0 Å². The first kappa shape index (κ1) is 69.1. The maximum absolute atomic E-state index is 2.48. The minimum atomic E-state index is -0.367. The summed E-state index contributed by atoms with van der Waals surface area (Å²) in [5.41, 5.74) is 48.0. The molecule has 0 radical (unpaired) electrons. The molecule has 18 aromatic carbocycles. The first-order valence-corrected chi connectivity index (χ1v) is 41.5. The van der Waals surface area contributed by atoms with E-state index in [0.29, 0.717) is 0 Å². The van der Waals surface area contributed by atoms with Crippen LogP contribution in [0.15, 0.2) is 425 Å². The second-order valence-corrected chi connectivity index (χ2v) is 33.6. The lowest BCUT2D eigenvalue weighted by Crippen LogP contribution is -2.25. The molecule has 24 rings (SSSR count). The molecule has 0 fully saturated rings. The zero-order valence-corrected chi connectivity index (χ0v) is 66.3. The van der Waals surface area contributed by atoms with Crippen molar-refractivity contribution in [2.75, 3.05) is 9.80 Å². The summed E-state index contributed by atoms with van der Waals surface area (Å²) in [6.07, 6.45) is 0. The van der Waals surface area contributed by atoms with Gasteiger partial charge in [0, 0.05) is 45.0 Å². The summed E-state index contributed by atoms with van der Waals surface area (Å²) in [6, 6.07) is 158. The minimum Gasteiger partial charge on any atom is -0.311 e. The van der Waals surface area contributed by atoms with Gasteiger partial charge in [-0.2, -0.15) is 0 Å². The van der Waals surface area contributed by atoms with Crippen LogP contribution in [0.5, 0.6) is 0 Å². The zero-order valence-electron chi connectivity index (χ0n) is 66.3. The third-order valence-electron chi connectivity index (χ3n) is 27.0. The highest BCUT2D eigenvalue weighted by Crippen LogP contribution is 2.67. The molecule has 0 aliphatic heterocycles. The molecule has 0 unspecified atom stereocenters. The van der Waals surface area contributed by atoms with Crippen LogP contribution >= 0.6 is 0 Å². The van der Waals surface area contributed by atoms with Crippen molar-refractivity contribution in [2.24, 2.45) is 0 Å². The monoisotopic (exact) mass is 1500 g/mol. The summed E-state index contributed by atoms with van der Waals surface area (Å²) in [4.78, 5) is 4.84. The molecular formula is C116H82N2. The van der Waals surface area contributed by atoms with E-state index in [1.807, 2.05) is 0 Å². The summed E-state index contributed by atoms with van der Waals surface area (Å²) in [5.74, 6) is 0. The highest BCUT2D eigenvalue weighted by molar-refractivity contribution is 6.03. The number of fused-ring (bicyclic) bond motifs is 26. The Morgan fingerprint density at radius 2 is 0.356 bits per heavy atom. The van der Waals surface area contributed by atoms with E-state index >= 15 is 0 Å². The van der Waals surface area contributed by atoms with Crippen LogP contribution in [0.2, 0.25) is 0 Å². The van der Waals surface area contributed by atoms with Gasteiger partial charge in [-0.25, -0.2) is 0 Å². The van der Waals surface area contributed by atoms with Crippen LogP contribution in [0.25, 0.3) is 111 Å². The van der Waals surface area contributed by atoms with E-state index in [-0.39, 0.29) is 21.7 Å². The predicted molar refractivity (Wildman–Crippen MR) is 492 cm³/mol. The SMILES string of the molecule is CC1(C)c2ccccc2-c2ccc(N(c3ccc(-c4cccc5c4-c4ccccc4C54c5ccccc5-c5ccccc54)cc3)c3ccc4c(c3)C(C)(C)c3ccccc3-4)cc21.c1ccc(-c2ccc(N(c3ccc(-c4ccccc4)cc3)c3ccc(-c4cccc5c4-c4ccccc4C54c5ccccc5-c5ccccc54)cc3)cc2)cc1. The smallest absolute Gasteiger partial charge is 0.0725 e. The quantitative estimate of drug-likeness (QED) is 0.135. The summed E-state index contributed by atoms with van der Waals surface area (Å²) in [7, 11) is 0. The van der Waals surface area contributed by atoms with Crippen LogP contribution in [0.1, 0.15) is 94.5 Å². The molecule has 0 heterocycles. The number of anilines is 6. The fourth-order valence-corrected chi connectivity index (χ4v) is 21.8. The van der Waals surface area contributed by atoms with Gasteiger partial charge in [-0.05, 0) is 251 Å². The van der Waals surface area contributed by atoms with Gasteiger partial charge in [-0.15, -0.1) is 0 Å². The van der Waals surface area contributed by atoms with E-state index in [0.717, 1.165) is 22.7 Å². The molecule has 6 aliphatic carbocycles. The van der Waals surface area contributed by atoms with Crippen molar-refractivity contribution < 1.29 is 0 Å². The molecule has 0 aromatic heterocycles. The molecule has 0 atom stereocenters. The van der Waals surface area contributed by atoms with Crippen molar-refractivity contribution in [1.82, 2.24) is 0 Å². The Bertz CT molecular complexity index is 6800. The molecule has 0 N–H and O–H groups in total. The molecule has 18 aromatic rings. The molecule has 2 nitrogen and oxygen atoms in total. The zero-order chi connectivity index (χ0) is 78.6. The minimum absolute atomic E-state index is 0.110. The lowest BCUT2D eigenvalue weighted by Gasteiger charge is -2.30. The number of benzene rings is 18. The lowest BCUT2D eigenvalue weighted by atomic mass is 9.70. The molecule has 118 heavy (non-hydrogen) atoms. The Hall–Kier alpha value is -14.4. The normalized spacial score (nSPS) is 14.2. The fraction of sp³-hybridized carbons (Fsp3) is 0.0690. The second kappa shape index (κ2) is 26.6. The molecule has 0 amide bonds. The molecule has 6 aliphatic rings. The first-order chi connectivity index (χ1) is 58.1. The van der Waals surface area contributed by atoms with Gasteiger partial charge in [-0.1, -0.05) is 380 Å². The van der Waals surface area contributed by atoms with Crippen LogP contribution in [-0.4, -0.2) is 0 Å². The average molecular weight is 1500 g/mol. The Labute approximate surface area is 691 Å². The summed E-state index contributed by atoms with van der Waals surface area (Å²) < 4.78 is 0. The Morgan fingerprint density at radius 1 is 0.144 bits per heavy atom. The third kappa shape index (κ3) is 10.1. The molecule has 2 spiro atoms. The van der Waals surface area contributed by atoms with Crippen molar-refractivity contribution >= 4 is 34.1 Å².